The second-order valence-corrected chi connectivity index (χ2v) is 11.4. The Morgan fingerprint density at radius 3 is 1.00 bits per heavy atom. The summed E-state index contributed by atoms with van der Waals surface area (Å²) in [7, 11) is 0. The second-order valence-electron chi connectivity index (χ2n) is 11.4. The van der Waals surface area contributed by atoms with Crippen LogP contribution in [0.1, 0.15) is 0 Å². The molecular weight excluding hydrogens is 739 g/mol. The molecule has 2 N–H and O–H groups in total. The number of nitrogens with one attached hydrogen (secondary N) is 2. The van der Waals surface area contributed by atoms with E-state index in [1.165, 1.54) is 0 Å². The molecule has 1 radical (unpaired) electrons. The van der Waals surface area contributed by atoms with Gasteiger partial charge in [0.25, 0.3) is 0 Å². The Kier molecular flexibility index (Phi) is 7.19. The summed E-state index contributed by atoms with van der Waals surface area (Å²) in [6.45, 7) is 0. The van der Waals surface area contributed by atoms with Crippen molar-refractivity contribution in [2.75, 3.05) is 0 Å². The van der Waals surface area contributed by atoms with E-state index in [2.05, 4.69) is 29.9 Å². The Morgan fingerprint density at radius 1 is 0.396 bits per heavy atom. The molecule has 0 atom stereocenters. The first-order valence-electron chi connectivity index (χ1n) is 15.0. The van der Waals surface area contributed by atoms with Crippen molar-refractivity contribution in [1.29, 1.82) is 0 Å². The number of hydrogen-bond donors (Lipinski definition) is 2. The summed E-state index contributed by atoms with van der Waals surface area (Å²) in [5.41, 5.74) is -4.69. The first-order chi connectivity index (χ1) is 25.1. The number of aromatic amines is 2. The minimum atomic E-state index is -1.70. The zero-order chi connectivity index (χ0) is 36.0. The monoisotopic (exact) mass is 753 g/mol. The van der Waals surface area contributed by atoms with Crippen LogP contribution in [-0.4, -0.2) is 59.6 Å². The average Bonchev–Trinajstić information content (AvgIpc) is 3.86. The molecule has 4 aromatic carbocycles. The predicted molar refractivity (Wildman–Crippen MR) is 183 cm³/mol. The van der Waals surface area contributed by atoms with Gasteiger partial charge < -0.3 is 9.97 Å². The molecule has 8 bridgehead atoms. The number of nitrogens with zero attached hydrogens (tertiary/aromatic N) is 10. The second kappa shape index (κ2) is 11.7. The quantitative estimate of drug-likeness (QED) is 0.143. The van der Waals surface area contributed by atoms with Gasteiger partial charge in [0.2, 0.25) is 0 Å². The molecule has 0 fully saturated rings. The number of fused-ring (bicyclic) bond motifs is 20. The molecule has 9 rings (SSSR count). The molecule has 0 spiro atoms. The van der Waals surface area contributed by atoms with Crippen LogP contribution in [0.25, 0.3) is 89.7 Å². The number of rotatable bonds is 4. The molecule has 0 unspecified atom stereocenters. The standard InChI is InChI=1S/C32H14N12O8.Co/c45-41(46)21-19-20(22(42(47)48)24(44(51)52)23(21)43(49)50)32-39-30-18-12-6-4-10-16(18)28(37-30)35-26-14-8-2-1-7-13(14)25(33-26)34-27-15-9-3-5-11-17(15)29(36-27)38-31(19)40-32;/h1-12H,(H2,33,34,35,36,37,38,39,40);/q;+2. The van der Waals surface area contributed by atoms with Crippen molar-refractivity contribution in [3.8, 4) is 45.6 Å². The Hall–Kier alpha value is -7.65. The molecule has 257 valence electrons. The van der Waals surface area contributed by atoms with Crippen molar-refractivity contribution in [2.45, 2.75) is 0 Å². The Bertz CT molecular complexity index is 2820. The van der Waals surface area contributed by atoms with Crippen LogP contribution >= 0.6 is 0 Å². The van der Waals surface area contributed by atoms with Gasteiger partial charge in [0, 0.05) is 33.0 Å². The third-order valence-corrected chi connectivity index (χ3v) is 8.62. The van der Waals surface area contributed by atoms with Gasteiger partial charge >= 0.3 is 39.5 Å². The molecular formula is C32H14CoN12O8+2. The van der Waals surface area contributed by atoms with E-state index < -0.39 is 64.5 Å². The zero-order valence-electron chi connectivity index (χ0n) is 26.0. The molecule has 0 saturated heterocycles. The molecule has 5 heterocycles. The van der Waals surface area contributed by atoms with Gasteiger partial charge in [-0.3, -0.25) is 40.5 Å². The summed E-state index contributed by atoms with van der Waals surface area (Å²) in [6.07, 6.45) is 0. The SMILES string of the molecule is O=[N+]([O-])c1c([N+](=O)[O-])c([N+](=O)[O-])c2c3nc4nc(nc5[nH]c(nc6nc(nc([nH]3)c2c1[N+](=O)[O-])-c1ccccc1-6)c1ccccc51)-c1ccccc1-4.[Co+2]. The van der Waals surface area contributed by atoms with Gasteiger partial charge in [-0.15, -0.1) is 0 Å². The van der Waals surface area contributed by atoms with Crippen LogP contribution in [0.3, 0.4) is 0 Å². The van der Waals surface area contributed by atoms with E-state index in [4.69, 9.17) is 9.97 Å². The van der Waals surface area contributed by atoms with E-state index >= 15 is 0 Å². The molecule has 0 amide bonds. The summed E-state index contributed by atoms with van der Waals surface area (Å²) in [5, 5.41) is 49.7. The number of nitro benzene ring substituents is 4. The van der Waals surface area contributed by atoms with Gasteiger partial charge in [-0.25, -0.2) is 29.9 Å². The van der Waals surface area contributed by atoms with Crippen molar-refractivity contribution in [1.82, 2.24) is 39.9 Å². The van der Waals surface area contributed by atoms with Crippen molar-refractivity contribution in [3.63, 3.8) is 0 Å². The maximum atomic E-state index is 12.6. The molecule has 53 heavy (non-hydrogen) atoms. The van der Waals surface area contributed by atoms with Crippen molar-refractivity contribution < 1.29 is 36.5 Å². The van der Waals surface area contributed by atoms with Crippen LogP contribution in [-0.2, 0) is 16.8 Å². The van der Waals surface area contributed by atoms with Gasteiger partial charge in [0.1, 0.15) is 33.4 Å². The first-order valence-corrected chi connectivity index (χ1v) is 15.0. The van der Waals surface area contributed by atoms with Crippen molar-refractivity contribution >= 4 is 66.9 Å². The van der Waals surface area contributed by atoms with Gasteiger partial charge in [0.15, 0.2) is 23.3 Å². The molecule has 0 saturated carbocycles. The zero-order valence-corrected chi connectivity index (χ0v) is 27.0. The third kappa shape index (κ3) is 4.75. The van der Waals surface area contributed by atoms with Gasteiger partial charge in [-0.05, 0) is 0 Å². The molecule has 0 aliphatic carbocycles. The van der Waals surface area contributed by atoms with E-state index in [1.807, 2.05) is 24.3 Å². The van der Waals surface area contributed by atoms with Crippen molar-refractivity contribution in [2.24, 2.45) is 0 Å². The van der Waals surface area contributed by atoms with Crippen LogP contribution < -0.4 is 0 Å². The molecule has 20 nitrogen and oxygen atoms in total. The summed E-state index contributed by atoms with van der Waals surface area (Å²) in [4.78, 5) is 78.3. The van der Waals surface area contributed by atoms with Crippen LogP contribution in [0, 0.1) is 40.5 Å². The van der Waals surface area contributed by atoms with E-state index in [9.17, 15) is 40.5 Å². The summed E-state index contributed by atoms with van der Waals surface area (Å²) >= 11 is 0. The largest absolute Gasteiger partial charge is 2.00 e. The summed E-state index contributed by atoms with van der Waals surface area (Å²) in [6, 6.07) is 20.9. The number of aromatic nitrogens is 8. The number of H-pyrrole nitrogens is 2. The van der Waals surface area contributed by atoms with E-state index in [0.29, 0.717) is 44.3 Å². The fourth-order valence-electron chi connectivity index (χ4n) is 6.54. The number of hydrogen-bond acceptors (Lipinski definition) is 14. The predicted octanol–water partition coefficient (Wildman–Crippen LogP) is 6.50. The number of benzene rings is 4. The number of nitro groups is 4. The van der Waals surface area contributed by atoms with E-state index in [0.717, 1.165) is 0 Å². The van der Waals surface area contributed by atoms with Crippen LogP contribution in [0.2, 0.25) is 0 Å². The molecule has 7 aromatic rings. The Balaban J connectivity index is 0.00000400. The third-order valence-electron chi connectivity index (χ3n) is 8.62. The van der Waals surface area contributed by atoms with Crippen LogP contribution in [0.15, 0.2) is 72.8 Å². The summed E-state index contributed by atoms with van der Waals surface area (Å²) in [5.74, 6) is 0.187. The van der Waals surface area contributed by atoms with Gasteiger partial charge in [-0.2, -0.15) is 0 Å². The minimum Gasteiger partial charge on any atom is -0.324 e. The molecule has 2 aliphatic rings. The Morgan fingerprint density at radius 2 is 0.679 bits per heavy atom. The van der Waals surface area contributed by atoms with Gasteiger partial charge in [0.05, 0.1) is 19.7 Å². The topological polar surface area (TPSA) is 281 Å². The molecule has 2 aliphatic heterocycles. The molecule has 3 aromatic heterocycles. The fourth-order valence-corrected chi connectivity index (χ4v) is 6.54. The average molecular weight is 753 g/mol. The minimum absolute atomic E-state index is 0. The smallest absolute Gasteiger partial charge is 0.324 e. The first kappa shape index (κ1) is 32.5. The maximum absolute atomic E-state index is 12.6. The van der Waals surface area contributed by atoms with E-state index in [1.54, 1.807) is 48.5 Å². The fraction of sp³-hybridized carbons (Fsp3) is 0. The van der Waals surface area contributed by atoms with Crippen molar-refractivity contribution in [3.05, 3.63) is 113 Å². The summed E-state index contributed by atoms with van der Waals surface area (Å²) < 4.78 is 0. The maximum Gasteiger partial charge on any atom is 2.00 e. The van der Waals surface area contributed by atoms with E-state index in [-0.39, 0.29) is 40.1 Å². The van der Waals surface area contributed by atoms with Gasteiger partial charge in [-0.1, -0.05) is 72.8 Å². The Labute approximate surface area is 301 Å². The van der Waals surface area contributed by atoms with Crippen LogP contribution in [0.4, 0.5) is 22.7 Å². The van der Waals surface area contributed by atoms with Crippen LogP contribution in [0.5, 0.6) is 0 Å². The molecule has 21 heteroatoms. The normalized spacial score (nSPS) is 11.5.